The number of benzene rings is 1. The van der Waals surface area contributed by atoms with Crippen LogP contribution in [0.15, 0.2) is 30.3 Å². The Balaban J connectivity index is 2.23. The van der Waals surface area contributed by atoms with E-state index in [0.717, 1.165) is 22.4 Å². The molecular weight excluding hydrogens is 335 g/mol. The maximum Gasteiger partial charge on any atom is 0.263 e. The van der Waals surface area contributed by atoms with Gasteiger partial charge in [0.25, 0.3) is 5.91 Å². The zero-order chi connectivity index (χ0) is 18.4. The highest BCUT2D eigenvalue weighted by atomic mass is 32.1. The minimum absolute atomic E-state index is 0.0302. The van der Waals surface area contributed by atoms with Gasteiger partial charge in [-0.1, -0.05) is 26.0 Å². The second-order valence-electron chi connectivity index (χ2n) is 6.51. The van der Waals surface area contributed by atoms with Crippen molar-refractivity contribution in [2.75, 3.05) is 13.1 Å². The van der Waals surface area contributed by atoms with E-state index >= 15 is 0 Å². The van der Waals surface area contributed by atoms with Crippen molar-refractivity contribution >= 4 is 17.2 Å². The number of halogens is 1. The maximum atomic E-state index is 13.1. The van der Waals surface area contributed by atoms with E-state index in [9.17, 15) is 9.18 Å². The number of carbonyl (C=O) groups is 1. The van der Waals surface area contributed by atoms with Crippen LogP contribution in [0.3, 0.4) is 0 Å². The maximum absolute atomic E-state index is 13.1. The van der Waals surface area contributed by atoms with Crippen LogP contribution in [0.4, 0.5) is 4.39 Å². The summed E-state index contributed by atoms with van der Waals surface area (Å²) in [7, 11) is 0. The van der Waals surface area contributed by atoms with E-state index in [1.165, 1.54) is 23.5 Å². The SMILES string of the molecule is Cc1cc(C(=O)N(CCC#N)CCC(C)C)sc1-c1ccc(F)cc1. The van der Waals surface area contributed by atoms with Crippen LogP contribution >= 0.6 is 11.3 Å². The first-order chi connectivity index (χ1) is 11.9. The molecule has 2 rings (SSSR count). The quantitative estimate of drug-likeness (QED) is 0.677. The molecule has 2 aromatic rings. The molecule has 1 aromatic heterocycles. The van der Waals surface area contributed by atoms with Crippen molar-refractivity contribution in [1.82, 2.24) is 4.90 Å². The van der Waals surface area contributed by atoms with Gasteiger partial charge in [0.2, 0.25) is 0 Å². The topological polar surface area (TPSA) is 44.1 Å². The number of nitriles is 1. The monoisotopic (exact) mass is 358 g/mol. The molecule has 0 bridgehead atoms. The van der Waals surface area contributed by atoms with Gasteiger partial charge in [-0.25, -0.2) is 4.39 Å². The molecule has 0 aliphatic carbocycles. The largest absolute Gasteiger partial charge is 0.337 e. The van der Waals surface area contributed by atoms with E-state index in [-0.39, 0.29) is 11.7 Å². The number of amides is 1. The molecule has 0 saturated heterocycles. The van der Waals surface area contributed by atoms with Gasteiger partial charge < -0.3 is 4.90 Å². The van der Waals surface area contributed by atoms with Crippen LogP contribution in [0, 0.1) is 30.0 Å². The second-order valence-corrected chi connectivity index (χ2v) is 7.56. The number of rotatable bonds is 7. The summed E-state index contributed by atoms with van der Waals surface area (Å²) in [6, 6.07) is 10.3. The molecule has 132 valence electrons. The third-order valence-corrected chi connectivity index (χ3v) is 5.27. The molecule has 1 amide bonds. The van der Waals surface area contributed by atoms with Gasteiger partial charge in [-0.3, -0.25) is 4.79 Å². The highest BCUT2D eigenvalue weighted by molar-refractivity contribution is 7.17. The highest BCUT2D eigenvalue weighted by Gasteiger charge is 2.20. The third-order valence-electron chi connectivity index (χ3n) is 3.99. The van der Waals surface area contributed by atoms with Crippen molar-refractivity contribution < 1.29 is 9.18 Å². The van der Waals surface area contributed by atoms with E-state index in [1.54, 1.807) is 17.0 Å². The number of aryl methyl sites for hydroxylation is 1. The van der Waals surface area contributed by atoms with Gasteiger partial charge in [0.05, 0.1) is 17.4 Å². The Morgan fingerprint density at radius 3 is 2.56 bits per heavy atom. The van der Waals surface area contributed by atoms with E-state index in [1.807, 2.05) is 13.0 Å². The first-order valence-corrected chi connectivity index (χ1v) is 9.26. The summed E-state index contributed by atoms with van der Waals surface area (Å²) in [6.07, 6.45) is 1.24. The summed E-state index contributed by atoms with van der Waals surface area (Å²) in [5.41, 5.74) is 1.91. The van der Waals surface area contributed by atoms with Crippen LogP contribution in [-0.4, -0.2) is 23.9 Å². The predicted octanol–water partition coefficient (Wildman–Crippen LogP) is 5.26. The number of hydrogen-bond acceptors (Lipinski definition) is 3. The average molecular weight is 358 g/mol. The Morgan fingerprint density at radius 2 is 1.96 bits per heavy atom. The van der Waals surface area contributed by atoms with Crippen molar-refractivity contribution in [3.05, 3.63) is 46.6 Å². The fourth-order valence-electron chi connectivity index (χ4n) is 2.55. The molecule has 1 heterocycles. The Morgan fingerprint density at radius 1 is 1.28 bits per heavy atom. The smallest absolute Gasteiger partial charge is 0.263 e. The summed E-state index contributed by atoms with van der Waals surface area (Å²) < 4.78 is 13.1. The van der Waals surface area contributed by atoms with Crippen molar-refractivity contribution in [3.8, 4) is 16.5 Å². The van der Waals surface area contributed by atoms with Gasteiger partial charge in [-0.05, 0) is 48.6 Å². The van der Waals surface area contributed by atoms with Crippen molar-refractivity contribution in [2.24, 2.45) is 5.92 Å². The zero-order valence-electron chi connectivity index (χ0n) is 14.9. The molecule has 0 saturated carbocycles. The van der Waals surface area contributed by atoms with Gasteiger partial charge in [0.15, 0.2) is 0 Å². The lowest BCUT2D eigenvalue weighted by Crippen LogP contribution is -2.33. The lowest BCUT2D eigenvalue weighted by Gasteiger charge is -2.21. The summed E-state index contributed by atoms with van der Waals surface area (Å²) in [5.74, 6) is 0.195. The van der Waals surface area contributed by atoms with Gasteiger partial charge >= 0.3 is 0 Å². The first kappa shape index (κ1) is 19.1. The summed E-state index contributed by atoms with van der Waals surface area (Å²) in [4.78, 5) is 16.3. The normalized spacial score (nSPS) is 10.7. The average Bonchev–Trinajstić information content (AvgIpc) is 2.97. The molecule has 1 aromatic carbocycles. The molecule has 25 heavy (non-hydrogen) atoms. The summed E-state index contributed by atoms with van der Waals surface area (Å²) in [5, 5.41) is 8.85. The highest BCUT2D eigenvalue weighted by Crippen LogP contribution is 2.33. The fourth-order valence-corrected chi connectivity index (χ4v) is 3.69. The molecule has 5 heteroatoms. The number of nitrogens with zero attached hydrogens (tertiary/aromatic N) is 2. The molecule has 0 N–H and O–H groups in total. The predicted molar refractivity (Wildman–Crippen MR) is 100 cm³/mol. The van der Waals surface area contributed by atoms with Crippen LogP contribution in [0.5, 0.6) is 0 Å². The molecule has 0 aliphatic rings. The standard InChI is InChI=1S/C20H23FN2OS/c1-14(2)9-12-23(11-4-10-22)20(24)18-13-15(3)19(25-18)16-5-7-17(21)8-6-16/h5-8,13-14H,4,9,11-12H2,1-3H3. The van der Waals surface area contributed by atoms with Crippen molar-refractivity contribution in [1.29, 1.82) is 5.26 Å². The van der Waals surface area contributed by atoms with Gasteiger partial charge in [0, 0.05) is 18.0 Å². The lowest BCUT2D eigenvalue weighted by atomic mass is 10.1. The van der Waals surface area contributed by atoms with Gasteiger partial charge in [-0.2, -0.15) is 5.26 Å². The van der Waals surface area contributed by atoms with Crippen LogP contribution in [-0.2, 0) is 0 Å². The minimum Gasteiger partial charge on any atom is -0.337 e. The molecular formula is C20H23FN2OS. The molecule has 0 aliphatic heterocycles. The zero-order valence-corrected chi connectivity index (χ0v) is 15.7. The molecule has 0 atom stereocenters. The van der Waals surface area contributed by atoms with Crippen LogP contribution in [0.2, 0.25) is 0 Å². The van der Waals surface area contributed by atoms with Crippen molar-refractivity contribution in [2.45, 2.75) is 33.6 Å². The van der Waals surface area contributed by atoms with E-state index < -0.39 is 0 Å². The van der Waals surface area contributed by atoms with Crippen LogP contribution in [0.1, 0.15) is 41.9 Å². The first-order valence-electron chi connectivity index (χ1n) is 8.45. The second kappa shape index (κ2) is 8.77. The molecule has 0 unspecified atom stereocenters. The molecule has 0 fully saturated rings. The Bertz CT molecular complexity index is 759. The summed E-state index contributed by atoms with van der Waals surface area (Å²) >= 11 is 1.43. The van der Waals surface area contributed by atoms with E-state index in [4.69, 9.17) is 5.26 Å². The van der Waals surface area contributed by atoms with E-state index in [0.29, 0.717) is 30.3 Å². The molecule has 3 nitrogen and oxygen atoms in total. The lowest BCUT2D eigenvalue weighted by molar-refractivity contribution is 0.0756. The minimum atomic E-state index is -0.273. The molecule has 0 spiro atoms. The Labute approximate surface area is 152 Å². The molecule has 0 radical (unpaired) electrons. The number of hydrogen-bond donors (Lipinski definition) is 0. The number of thiophene rings is 1. The third kappa shape index (κ3) is 5.14. The number of carbonyl (C=O) groups excluding carboxylic acids is 1. The van der Waals surface area contributed by atoms with Crippen molar-refractivity contribution in [3.63, 3.8) is 0 Å². The van der Waals surface area contributed by atoms with Gasteiger partial charge in [0.1, 0.15) is 5.82 Å². The summed E-state index contributed by atoms with van der Waals surface area (Å²) in [6.45, 7) is 7.30. The Kier molecular flexibility index (Phi) is 6.72. The fraction of sp³-hybridized carbons (Fsp3) is 0.400. The van der Waals surface area contributed by atoms with E-state index in [2.05, 4.69) is 19.9 Å². The Hall–Kier alpha value is -2.19. The van der Waals surface area contributed by atoms with Gasteiger partial charge in [-0.15, -0.1) is 11.3 Å². The van der Waals surface area contributed by atoms with Crippen LogP contribution < -0.4 is 0 Å². The van der Waals surface area contributed by atoms with Crippen LogP contribution in [0.25, 0.3) is 10.4 Å².